The normalized spacial score (nSPS) is 18.7. The number of carbonyl (C=O) groups excluding carboxylic acids is 1. The van der Waals surface area contributed by atoms with Gasteiger partial charge in [0.25, 0.3) is 5.91 Å². The van der Waals surface area contributed by atoms with Gasteiger partial charge in [-0.25, -0.2) is 5.48 Å². The number of hydrogen-bond donors (Lipinski definition) is 3. The van der Waals surface area contributed by atoms with Crippen molar-refractivity contribution in [3.8, 4) is 0 Å². The fourth-order valence-corrected chi connectivity index (χ4v) is 2.12. The second-order valence-electron chi connectivity index (χ2n) is 3.64. The van der Waals surface area contributed by atoms with Crippen LogP contribution in [0.5, 0.6) is 0 Å². The molecule has 0 aromatic rings. The Morgan fingerprint density at radius 1 is 1.27 bits per heavy atom. The summed E-state index contributed by atoms with van der Waals surface area (Å²) in [5.74, 6) is 0.0697. The van der Waals surface area contributed by atoms with Crippen molar-refractivity contribution < 1.29 is 10.0 Å². The van der Waals surface area contributed by atoms with Gasteiger partial charge in [-0.05, 0) is 25.8 Å². The Morgan fingerprint density at radius 2 is 1.80 bits per heavy atom. The number of rotatable bonds is 3. The highest BCUT2D eigenvalue weighted by molar-refractivity contribution is 5.80. The van der Waals surface area contributed by atoms with Crippen molar-refractivity contribution in [2.45, 2.75) is 52.0 Å². The van der Waals surface area contributed by atoms with Crippen LogP contribution in [0.15, 0.2) is 0 Å². The largest absolute Gasteiger partial charge is 0.309 e. The first-order valence-corrected chi connectivity index (χ1v) is 5.90. The molecule has 0 aromatic carbocycles. The summed E-state index contributed by atoms with van der Waals surface area (Å²) in [5.41, 5.74) is 1.71. The molecule has 90 valence electrons. The molecule has 1 rings (SSSR count). The van der Waals surface area contributed by atoms with Crippen LogP contribution in [-0.4, -0.2) is 24.2 Å². The average molecular weight is 216 g/mol. The highest BCUT2D eigenvalue weighted by Gasteiger charge is 2.27. The van der Waals surface area contributed by atoms with Gasteiger partial charge in [0.15, 0.2) is 0 Å². The molecule has 0 heterocycles. The minimum absolute atomic E-state index is 0.231. The van der Waals surface area contributed by atoms with Crippen LogP contribution < -0.4 is 10.8 Å². The minimum atomic E-state index is -0.311. The molecule has 1 aliphatic carbocycles. The first-order chi connectivity index (χ1) is 7.29. The lowest BCUT2D eigenvalue weighted by atomic mass is 9.83. The number of hydrogen-bond acceptors (Lipinski definition) is 3. The van der Waals surface area contributed by atoms with Crippen molar-refractivity contribution in [1.29, 1.82) is 0 Å². The summed E-state index contributed by atoms with van der Waals surface area (Å²) in [7, 11) is 1.76. The zero-order valence-electron chi connectivity index (χ0n) is 10.0. The molecule has 15 heavy (non-hydrogen) atoms. The quantitative estimate of drug-likeness (QED) is 0.497. The van der Waals surface area contributed by atoms with E-state index in [0.717, 1.165) is 12.8 Å². The zero-order chi connectivity index (χ0) is 11.7. The van der Waals surface area contributed by atoms with Gasteiger partial charge in [-0.15, -0.1) is 0 Å². The summed E-state index contributed by atoms with van der Waals surface area (Å²) in [6, 6.07) is -0.231. The van der Waals surface area contributed by atoms with E-state index in [4.69, 9.17) is 5.21 Å². The molecule has 0 spiro atoms. The number of hydroxylamine groups is 1. The van der Waals surface area contributed by atoms with Crippen molar-refractivity contribution in [3.05, 3.63) is 0 Å². The third-order valence-electron chi connectivity index (χ3n) is 2.82. The lowest BCUT2D eigenvalue weighted by Gasteiger charge is -2.28. The summed E-state index contributed by atoms with van der Waals surface area (Å²) in [6.07, 6.45) is 5.83. The van der Waals surface area contributed by atoms with Crippen molar-refractivity contribution in [2.24, 2.45) is 5.92 Å². The van der Waals surface area contributed by atoms with Gasteiger partial charge in [-0.3, -0.25) is 10.0 Å². The molecule has 0 aliphatic heterocycles. The highest BCUT2D eigenvalue weighted by Crippen LogP contribution is 2.26. The third-order valence-corrected chi connectivity index (χ3v) is 2.82. The van der Waals surface area contributed by atoms with E-state index >= 15 is 0 Å². The summed E-state index contributed by atoms with van der Waals surface area (Å²) in [6.45, 7) is 4.00. The number of likely N-dealkylation sites (N-methyl/N-ethyl adjacent to an activating group) is 1. The molecule has 3 N–H and O–H groups in total. The van der Waals surface area contributed by atoms with Crippen molar-refractivity contribution in [3.63, 3.8) is 0 Å². The Balaban J connectivity index is 0.000000921. The predicted molar refractivity (Wildman–Crippen MR) is 60.7 cm³/mol. The number of amides is 1. The molecule has 1 fully saturated rings. The van der Waals surface area contributed by atoms with Gasteiger partial charge in [0, 0.05) is 0 Å². The maximum atomic E-state index is 11.2. The van der Waals surface area contributed by atoms with Gasteiger partial charge < -0.3 is 5.32 Å². The summed E-state index contributed by atoms with van der Waals surface area (Å²) < 4.78 is 0. The Morgan fingerprint density at radius 3 is 2.20 bits per heavy atom. The van der Waals surface area contributed by atoms with Crippen LogP contribution in [0.25, 0.3) is 0 Å². The van der Waals surface area contributed by atoms with Gasteiger partial charge in [-0.2, -0.15) is 0 Å². The van der Waals surface area contributed by atoms with E-state index in [0.29, 0.717) is 5.92 Å². The molecule has 1 aliphatic rings. The molecule has 0 saturated heterocycles. The van der Waals surface area contributed by atoms with Crippen LogP contribution in [0.4, 0.5) is 0 Å². The van der Waals surface area contributed by atoms with Gasteiger partial charge in [-0.1, -0.05) is 33.1 Å². The minimum Gasteiger partial charge on any atom is -0.309 e. The topological polar surface area (TPSA) is 61.4 Å². The molecule has 4 nitrogen and oxygen atoms in total. The predicted octanol–water partition coefficient (Wildman–Crippen LogP) is 1.69. The Labute approximate surface area is 92.4 Å². The van der Waals surface area contributed by atoms with Crippen LogP contribution in [0.1, 0.15) is 46.0 Å². The zero-order valence-corrected chi connectivity index (χ0v) is 10.0. The Hall–Kier alpha value is -0.610. The first-order valence-electron chi connectivity index (χ1n) is 5.90. The molecule has 1 saturated carbocycles. The van der Waals surface area contributed by atoms with E-state index in [9.17, 15) is 4.79 Å². The summed E-state index contributed by atoms with van der Waals surface area (Å²) >= 11 is 0. The van der Waals surface area contributed by atoms with E-state index in [2.05, 4.69) is 5.32 Å². The van der Waals surface area contributed by atoms with E-state index < -0.39 is 0 Å². The number of nitrogens with one attached hydrogen (secondary N) is 2. The molecule has 1 atom stereocenters. The number of carbonyl (C=O) groups is 1. The Kier molecular flexibility index (Phi) is 8.33. The van der Waals surface area contributed by atoms with Gasteiger partial charge >= 0.3 is 0 Å². The van der Waals surface area contributed by atoms with Crippen LogP contribution >= 0.6 is 0 Å². The molecule has 0 bridgehead atoms. The lowest BCUT2D eigenvalue weighted by molar-refractivity contribution is -0.132. The lowest BCUT2D eigenvalue weighted by Crippen LogP contribution is -2.46. The average Bonchev–Trinajstić information content (AvgIpc) is 2.33. The molecular formula is C11H24N2O2. The summed E-state index contributed by atoms with van der Waals surface area (Å²) in [5, 5.41) is 11.5. The summed E-state index contributed by atoms with van der Waals surface area (Å²) in [4.78, 5) is 11.2. The van der Waals surface area contributed by atoms with Crippen LogP contribution in [-0.2, 0) is 4.79 Å². The van der Waals surface area contributed by atoms with E-state index in [1.54, 1.807) is 12.5 Å². The molecule has 1 amide bonds. The van der Waals surface area contributed by atoms with Crippen LogP contribution in [0.3, 0.4) is 0 Å². The van der Waals surface area contributed by atoms with E-state index in [-0.39, 0.29) is 11.9 Å². The maximum Gasteiger partial charge on any atom is 0.260 e. The second kappa shape index (κ2) is 8.68. The van der Waals surface area contributed by atoms with Crippen molar-refractivity contribution >= 4 is 5.91 Å². The van der Waals surface area contributed by atoms with Gasteiger partial charge in [0.05, 0.1) is 6.04 Å². The van der Waals surface area contributed by atoms with Crippen molar-refractivity contribution in [2.75, 3.05) is 7.05 Å². The van der Waals surface area contributed by atoms with Gasteiger partial charge in [0.1, 0.15) is 0 Å². The molecule has 0 radical (unpaired) electrons. The highest BCUT2D eigenvalue weighted by atomic mass is 16.5. The van der Waals surface area contributed by atoms with E-state index in [1.165, 1.54) is 19.3 Å². The van der Waals surface area contributed by atoms with Gasteiger partial charge in [0.2, 0.25) is 0 Å². The van der Waals surface area contributed by atoms with Crippen LogP contribution in [0, 0.1) is 5.92 Å². The smallest absolute Gasteiger partial charge is 0.260 e. The fourth-order valence-electron chi connectivity index (χ4n) is 2.12. The molecule has 1 unspecified atom stereocenters. The monoisotopic (exact) mass is 216 g/mol. The second-order valence-corrected chi connectivity index (χ2v) is 3.64. The van der Waals surface area contributed by atoms with E-state index in [1.807, 2.05) is 13.8 Å². The molecule has 4 heteroatoms. The fraction of sp³-hybridized carbons (Fsp3) is 0.909. The van der Waals surface area contributed by atoms with Crippen molar-refractivity contribution in [1.82, 2.24) is 10.8 Å². The standard InChI is InChI=1S/C9H18N2O2.C2H6/c1-10-8(9(12)11-13)7-5-3-2-4-6-7;1-2/h7-8,10,13H,2-6H2,1H3,(H,11,12);1-2H3. The molecule has 0 aromatic heterocycles. The Bertz CT molecular complexity index is 168. The SMILES string of the molecule is CC.CNC(C(=O)NO)C1CCCCC1. The third kappa shape index (κ3) is 4.62. The molecular weight excluding hydrogens is 192 g/mol. The van der Waals surface area contributed by atoms with Crippen LogP contribution in [0.2, 0.25) is 0 Å². The first kappa shape index (κ1) is 14.4. The maximum absolute atomic E-state index is 11.2.